The van der Waals surface area contributed by atoms with Crippen molar-refractivity contribution >= 4 is 67.7 Å². The Bertz CT molecular complexity index is 970. The monoisotopic (exact) mass is 406 g/mol. The lowest BCUT2D eigenvalue weighted by Gasteiger charge is -2.11. The molecule has 3 rings (SSSR count). The third kappa shape index (κ3) is 3.90. The standard InChI is InChI=1S/C18H15ClN2O3S2/c1-23-12-6-3-10(4-7-12)20-18(25)21-11-5-8-13-14(9-11)26-16(15(13)19)17(22)24-2/h3-9H,1-2H3,(H2,20,21,25). The molecule has 5 nitrogen and oxygen atoms in total. The molecule has 0 aliphatic carbocycles. The zero-order valence-electron chi connectivity index (χ0n) is 14.0. The Morgan fingerprint density at radius 1 is 1.08 bits per heavy atom. The summed E-state index contributed by atoms with van der Waals surface area (Å²) in [5.41, 5.74) is 1.63. The predicted molar refractivity (Wildman–Crippen MR) is 111 cm³/mol. The molecule has 0 atom stereocenters. The summed E-state index contributed by atoms with van der Waals surface area (Å²) in [6, 6.07) is 13.0. The summed E-state index contributed by atoms with van der Waals surface area (Å²) < 4.78 is 10.8. The first-order chi connectivity index (χ1) is 12.5. The van der Waals surface area contributed by atoms with Crippen molar-refractivity contribution in [2.75, 3.05) is 24.9 Å². The second-order valence-electron chi connectivity index (χ2n) is 5.26. The third-order valence-electron chi connectivity index (χ3n) is 3.61. The number of thiophene rings is 1. The third-order valence-corrected chi connectivity index (χ3v) is 5.45. The largest absolute Gasteiger partial charge is 0.497 e. The first-order valence-corrected chi connectivity index (χ1v) is 9.14. The number of esters is 1. The number of nitrogens with one attached hydrogen (secondary N) is 2. The normalized spacial score (nSPS) is 10.4. The van der Waals surface area contributed by atoms with E-state index >= 15 is 0 Å². The van der Waals surface area contributed by atoms with Gasteiger partial charge < -0.3 is 20.1 Å². The maximum Gasteiger partial charge on any atom is 0.349 e. The van der Waals surface area contributed by atoms with Gasteiger partial charge in [-0.05, 0) is 54.7 Å². The van der Waals surface area contributed by atoms with E-state index in [1.165, 1.54) is 18.4 Å². The molecule has 0 unspecified atom stereocenters. The molecule has 2 aromatic carbocycles. The Balaban J connectivity index is 1.75. The van der Waals surface area contributed by atoms with Crippen molar-refractivity contribution in [3.8, 4) is 5.75 Å². The Kier molecular flexibility index (Phi) is 5.61. The smallest absolute Gasteiger partial charge is 0.349 e. The SMILES string of the molecule is COC(=O)c1sc2cc(NC(=S)Nc3ccc(OC)cc3)ccc2c1Cl. The van der Waals surface area contributed by atoms with E-state index in [0.29, 0.717) is 15.0 Å². The molecule has 0 radical (unpaired) electrons. The number of methoxy groups -OCH3 is 2. The first kappa shape index (κ1) is 18.4. The Morgan fingerprint density at radius 3 is 2.38 bits per heavy atom. The van der Waals surface area contributed by atoms with Crippen molar-refractivity contribution < 1.29 is 14.3 Å². The number of hydrogen-bond donors (Lipinski definition) is 2. The Morgan fingerprint density at radius 2 is 1.73 bits per heavy atom. The lowest BCUT2D eigenvalue weighted by molar-refractivity contribution is 0.0606. The summed E-state index contributed by atoms with van der Waals surface area (Å²) in [5, 5.41) is 7.88. The molecular formula is C18H15ClN2O3S2. The van der Waals surface area contributed by atoms with Gasteiger partial charge in [0.05, 0.1) is 19.2 Å². The van der Waals surface area contributed by atoms with Crippen LogP contribution in [0.15, 0.2) is 42.5 Å². The van der Waals surface area contributed by atoms with Gasteiger partial charge in [-0.2, -0.15) is 0 Å². The number of benzene rings is 2. The van der Waals surface area contributed by atoms with E-state index in [1.807, 2.05) is 42.5 Å². The van der Waals surface area contributed by atoms with Crippen LogP contribution in [0.1, 0.15) is 9.67 Å². The summed E-state index contributed by atoms with van der Waals surface area (Å²) in [4.78, 5) is 12.2. The van der Waals surface area contributed by atoms with Gasteiger partial charge in [0.15, 0.2) is 5.11 Å². The van der Waals surface area contributed by atoms with Gasteiger partial charge in [-0.15, -0.1) is 11.3 Å². The van der Waals surface area contributed by atoms with E-state index in [4.69, 9.17) is 33.3 Å². The molecule has 0 saturated carbocycles. The molecule has 0 saturated heterocycles. The van der Waals surface area contributed by atoms with Crippen LogP contribution < -0.4 is 15.4 Å². The second-order valence-corrected chi connectivity index (χ2v) is 7.09. The van der Waals surface area contributed by atoms with Crippen molar-refractivity contribution in [2.24, 2.45) is 0 Å². The zero-order valence-corrected chi connectivity index (χ0v) is 16.3. The van der Waals surface area contributed by atoms with Crippen molar-refractivity contribution in [1.29, 1.82) is 0 Å². The van der Waals surface area contributed by atoms with Crippen LogP contribution in [0, 0.1) is 0 Å². The van der Waals surface area contributed by atoms with Crippen molar-refractivity contribution in [3.05, 3.63) is 52.4 Å². The van der Waals surface area contributed by atoms with E-state index in [9.17, 15) is 4.79 Å². The number of anilines is 2. The van der Waals surface area contributed by atoms with Crippen molar-refractivity contribution in [3.63, 3.8) is 0 Å². The summed E-state index contributed by atoms with van der Waals surface area (Å²) in [6.45, 7) is 0. The molecule has 8 heteroatoms. The molecule has 0 amide bonds. The average molecular weight is 407 g/mol. The molecule has 2 N–H and O–H groups in total. The average Bonchev–Trinajstić information content (AvgIpc) is 2.97. The second kappa shape index (κ2) is 7.90. The lowest BCUT2D eigenvalue weighted by atomic mass is 10.2. The van der Waals surface area contributed by atoms with Crippen molar-refractivity contribution in [2.45, 2.75) is 0 Å². The molecule has 1 aromatic heterocycles. The fourth-order valence-corrected chi connectivity index (χ4v) is 4.04. The number of halogens is 1. The molecule has 26 heavy (non-hydrogen) atoms. The van der Waals surface area contributed by atoms with Crippen LogP contribution in [0.2, 0.25) is 5.02 Å². The van der Waals surface area contributed by atoms with Crippen LogP contribution >= 0.6 is 35.2 Å². The lowest BCUT2D eigenvalue weighted by Crippen LogP contribution is -2.18. The fourth-order valence-electron chi connectivity index (χ4n) is 2.33. The maximum atomic E-state index is 11.8. The van der Waals surface area contributed by atoms with Crippen LogP contribution in [-0.4, -0.2) is 25.3 Å². The predicted octanol–water partition coefficient (Wildman–Crippen LogP) is 5.16. The minimum absolute atomic E-state index is 0.389. The molecule has 134 valence electrons. The molecule has 1 heterocycles. The van der Waals surface area contributed by atoms with E-state index in [2.05, 4.69) is 10.6 Å². The summed E-state index contributed by atoms with van der Waals surface area (Å²) in [7, 11) is 2.95. The number of ether oxygens (including phenoxy) is 2. The summed E-state index contributed by atoms with van der Waals surface area (Å²) >= 11 is 12.9. The van der Waals surface area contributed by atoms with Gasteiger partial charge in [-0.25, -0.2) is 4.79 Å². The zero-order chi connectivity index (χ0) is 18.7. The van der Waals surface area contributed by atoms with Crippen LogP contribution in [0.25, 0.3) is 10.1 Å². The van der Waals surface area contributed by atoms with Crippen molar-refractivity contribution in [1.82, 2.24) is 0 Å². The molecule has 0 spiro atoms. The number of carbonyl (C=O) groups is 1. The molecule has 3 aromatic rings. The minimum Gasteiger partial charge on any atom is -0.497 e. The minimum atomic E-state index is -0.442. The first-order valence-electron chi connectivity index (χ1n) is 7.54. The topological polar surface area (TPSA) is 59.6 Å². The molecular weight excluding hydrogens is 392 g/mol. The highest BCUT2D eigenvalue weighted by Gasteiger charge is 2.17. The molecule has 0 fully saturated rings. The van der Waals surface area contributed by atoms with Gasteiger partial charge in [0.1, 0.15) is 10.6 Å². The van der Waals surface area contributed by atoms with Gasteiger partial charge in [-0.3, -0.25) is 0 Å². The highest BCUT2D eigenvalue weighted by Crippen LogP contribution is 2.37. The Hall–Kier alpha value is -2.35. The van der Waals surface area contributed by atoms with E-state index < -0.39 is 5.97 Å². The fraction of sp³-hybridized carbons (Fsp3) is 0.111. The van der Waals surface area contributed by atoms with Crippen LogP contribution in [0.4, 0.5) is 11.4 Å². The van der Waals surface area contributed by atoms with E-state index in [0.717, 1.165) is 27.2 Å². The maximum absolute atomic E-state index is 11.8. The van der Waals surface area contributed by atoms with Crippen LogP contribution in [0.5, 0.6) is 5.75 Å². The number of hydrogen-bond acceptors (Lipinski definition) is 5. The number of rotatable bonds is 4. The summed E-state index contributed by atoms with van der Waals surface area (Å²) in [6.07, 6.45) is 0. The number of fused-ring (bicyclic) bond motifs is 1. The number of thiocarbonyl (C=S) groups is 1. The highest BCUT2D eigenvalue weighted by molar-refractivity contribution is 7.80. The molecule has 0 bridgehead atoms. The van der Waals surface area contributed by atoms with Crippen LogP contribution in [0.3, 0.4) is 0 Å². The van der Waals surface area contributed by atoms with E-state index in [-0.39, 0.29) is 0 Å². The van der Waals surface area contributed by atoms with Gasteiger partial charge >= 0.3 is 5.97 Å². The molecule has 0 aliphatic heterocycles. The highest BCUT2D eigenvalue weighted by atomic mass is 35.5. The quantitative estimate of drug-likeness (QED) is 0.461. The van der Waals surface area contributed by atoms with Gasteiger partial charge in [-0.1, -0.05) is 11.6 Å². The van der Waals surface area contributed by atoms with E-state index in [1.54, 1.807) is 7.11 Å². The Labute approximate surface area is 164 Å². The van der Waals surface area contributed by atoms with Gasteiger partial charge in [0.2, 0.25) is 0 Å². The molecule has 0 aliphatic rings. The van der Waals surface area contributed by atoms with Gasteiger partial charge in [0.25, 0.3) is 0 Å². The van der Waals surface area contributed by atoms with Gasteiger partial charge in [0, 0.05) is 21.5 Å². The number of carbonyl (C=O) groups excluding carboxylic acids is 1. The summed E-state index contributed by atoms with van der Waals surface area (Å²) in [5.74, 6) is 0.332. The van der Waals surface area contributed by atoms with Crippen LogP contribution in [-0.2, 0) is 4.74 Å².